The summed E-state index contributed by atoms with van der Waals surface area (Å²) in [6.45, 7) is 3.38. The van der Waals surface area contributed by atoms with E-state index in [4.69, 9.17) is 10.5 Å². The molecule has 0 saturated carbocycles. The molecule has 0 fully saturated rings. The summed E-state index contributed by atoms with van der Waals surface area (Å²) in [5.74, 6) is -1.71. The number of nitrogens with two attached hydrogens (primary N) is 1. The third kappa shape index (κ3) is 3.37. The zero-order valence-electron chi connectivity index (χ0n) is 11.7. The van der Waals surface area contributed by atoms with Crippen LogP contribution < -0.4 is 5.73 Å². The summed E-state index contributed by atoms with van der Waals surface area (Å²) < 4.78 is 31.7. The van der Waals surface area contributed by atoms with Gasteiger partial charge in [0.2, 0.25) is 0 Å². The van der Waals surface area contributed by atoms with Crippen LogP contribution in [0.2, 0.25) is 0 Å². The Balaban J connectivity index is 2.51. The molecule has 2 aromatic rings. The van der Waals surface area contributed by atoms with Gasteiger partial charge in [0.15, 0.2) is 0 Å². The second-order valence-electron chi connectivity index (χ2n) is 4.88. The molecule has 0 aliphatic rings. The van der Waals surface area contributed by atoms with Crippen molar-refractivity contribution in [2.45, 2.75) is 20.0 Å². The van der Waals surface area contributed by atoms with E-state index in [1.54, 1.807) is 13.8 Å². The fraction of sp³-hybridized carbons (Fsp3) is 0.188. The zero-order chi connectivity index (χ0) is 15.6. The predicted octanol–water partition coefficient (Wildman–Crippen LogP) is 3.78. The van der Waals surface area contributed by atoms with E-state index in [-0.39, 0.29) is 17.4 Å². The number of ether oxygens (including phenoxy) is 1. The Kier molecular flexibility index (Phi) is 4.21. The average molecular weight is 291 g/mol. The van der Waals surface area contributed by atoms with Gasteiger partial charge in [-0.15, -0.1) is 0 Å². The molecule has 3 nitrogen and oxygen atoms in total. The molecule has 0 aliphatic carbocycles. The molecule has 0 bridgehead atoms. The Labute approximate surface area is 121 Å². The average Bonchev–Trinajstić information content (AvgIpc) is 2.41. The van der Waals surface area contributed by atoms with Crippen LogP contribution in [0.3, 0.4) is 0 Å². The topological polar surface area (TPSA) is 52.3 Å². The third-order valence-corrected chi connectivity index (χ3v) is 2.86. The maximum Gasteiger partial charge on any atom is 0.340 e. The first-order valence-electron chi connectivity index (χ1n) is 6.44. The van der Waals surface area contributed by atoms with Crippen LogP contribution in [0.4, 0.5) is 14.5 Å². The second-order valence-corrected chi connectivity index (χ2v) is 4.88. The summed E-state index contributed by atoms with van der Waals surface area (Å²) >= 11 is 0. The van der Waals surface area contributed by atoms with Gasteiger partial charge in [-0.2, -0.15) is 0 Å². The molecule has 0 aliphatic heterocycles. The molecule has 0 saturated heterocycles. The van der Waals surface area contributed by atoms with Crippen LogP contribution in [-0.4, -0.2) is 12.1 Å². The normalized spacial score (nSPS) is 10.7. The minimum atomic E-state index is -0.689. The van der Waals surface area contributed by atoms with Crippen molar-refractivity contribution >= 4 is 11.7 Å². The van der Waals surface area contributed by atoms with Crippen LogP contribution in [0.5, 0.6) is 0 Å². The maximum absolute atomic E-state index is 13.7. The Morgan fingerprint density at radius 1 is 1.10 bits per heavy atom. The van der Waals surface area contributed by atoms with Gasteiger partial charge >= 0.3 is 5.97 Å². The minimum Gasteiger partial charge on any atom is -0.459 e. The number of halogens is 2. The lowest BCUT2D eigenvalue weighted by molar-refractivity contribution is 0.0378. The predicted molar refractivity (Wildman–Crippen MR) is 76.8 cm³/mol. The SMILES string of the molecule is CC(C)OC(=O)c1cc(F)cc(-c2ccc(F)cc2)c1N. The van der Waals surface area contributed by atoms with Crippen LogP contribution in [0.1, 0.15) is 24.2 Å². The molecule has 0 radical (unpaired) electrons. The van der Waals surface area contributed by atoms with Crippen molar-refractivity contribution in [3.05, 3.63) is 53.6 Å². The molecule has 0 amide bonds. The van der Waals surface area contributed by atoms with Crippen molar-refractivity contribution in [1.82, 2.24) is 0 Å². The monoisotopic (exact) mass is 291 g/mol. The second kappa shape index (κ2) is 5.91. The lowest BCUT2D eigenvalue weighted by atomic mass is 10.00. The lowest BCUT2D eigenvalue weighted by Crippen LogP contribution is -2.14. The highest BCUT2D eigenvalue weighted by molar-refractivity contribution is 5.99. The zero-order valence-corrected chi connectivity index (χ0v) is 11.7. The fourth-order valence-corrected chi connectivity index (χ4v) is 1.93. The van der Waals surface area contributed by atoms with Gasteiger partial charge in [0.05, 0.1) is 17.4 Å². The molecular weight excluding hydrogens is 276 g/mol. The summed E-state index contributed by atoms with van der Waals surface area (Å²) in [5, 5.41) is 0. The van der Waals surface area contributed by atoms with E-state index in [0.29, 0.717) is 11.1 Å². The first kappa shape index (κ1) is 15.0. The highest BCUT2D eigenvalue weighted by Gasteiger charge is 2.18. The minimum absolute atomic E-state index is 0.0389. The highest BCUT2D eigenvalue weighted by Crippen LogP contribution is 2.30. The molecule has 0 heterocycles. The van der Waals surface area contributed by atoms with Crippen LogP contribution in [0.15, 0.2) is 36.4 Å². The summed E-state index contributed by atoms with van der Waals surface area (Å²) in [5.41, 5.74) is 6.85. The molecule has 2 rings (SSSR count). The molecule has 2 aromatic carbocycles. The Morgan fingerprint density at radius 2 is 1.71 bits per heavy atom. The van der Waals surface area contributed by atoms with Gasteiger partial charge in [0, 0.05) is 5.56 Å². The highest BCUT2D eigenvalue weighted by atomic mass is 19.1. The fourth-order valence-electron chi connectivity index (χ4n) is 1.93. The number of esters is 1. The van der Waals surface area contributed by atoms with Crippen LogP contribution in [0, 0.1) is 11.6 Å². The number of anilines is 1. The lowest BCUT2D eigenvalue weighted by Gasteiger charge is -2.13. The van der Waals surface area contributed by atoms with E-state index < -0.39 is 17.6 Å². The largest absolute Gasteiger partial charge is 0.459 e. The van der Waals surface area contributed by atoms with Gasteiger partial charge in [-0.1, -0.05) is 12.1 Å². The third-order valence-electron chi connectivity index (χ3n) is 2.86. The number of carbonyl (C=O) groups is 1. The van der Waals surface area contributed by atoms with Gasteiger partial charge in [0.25, 0.3) is 0 Å². The summed E-state index contributed by atoms with van der Waals surface area (Å²) in [4.78, 5) is 11.9. The molecule has 0 unspecified atom stereocenters. The molecule has 5 heteroatoms. The van der Waals surface area contributed by atoms with Crippen molar-refractivity contribution in [3.63, 3.8) is 0 Å². The standard InChI is InChI=1S/C16H15F2NO2/c1-9(2)21-16(20)14-8-12(18)7-13(15(14)19)10-3-5-11(17)6-4-10/h3-9H,19H2,1-2H3. The maximum atomic E-state index is 13.7. The number of nitrogen functional groups attached to an aromatic ring is 1. The quantitative estimate of drug-likeness (QED) is 0.691. The Bertz CT molecular complexity index is 667. The van der Waals surface area contributed by atoms with Crippen LogP contribution in [0.25, 0.3) is 11.1 Å². The first-order chi connectivity index (χ1) is 9.88. The van der Waals surface area contributed by atoms with Gasteiger partial charge in [0.1, 0.15) is 11.6 Å². The Hall–Kier alpha value is -2.43. The van der Waals surface area contributed by atoms with E-state index in [9.17, 15) is 13.6 Å². The number of hydrogen-bond acceptors (Lipinski definition) is 3. The van der Waals surface area contributed by atoms with Crippen molar-refractivity contribution in [2.75, 3.05) is 5.73 Å². The molecule has 110 valence electrons. The van der Waals surface area contributed by atoms with Crippen molar-refractivity contribution in [3.8, 4) is 11.1 Å². The number of benzene rings is 2. The van der Waals surface area contributed by atoms with Crippen molar-refractivity contribution in [1.29, 1.82) is 0 Å². The van der Waals surface area contributed by atoms with E-state index in [0.717, 1.165) is 6.07 Å². The summed E-state index contributed by atoms with van der Waals surface area (Å²) in [7, 11) is 0. The molecule has 21 heavy (non-hydrogen) atoms. The van der Waals surface area contributed by atoms with E-state index >= 15 is 0 Å². The Morgan fingerprint density at radius 3 is 2.29 bits per heavy atom. The van der Waals surface area contributed by atoms with Crippen LogP contribution >= 0.6 is 0 Å². The first-order valence-corrected chi connectivity index (χ1v) is 6.44. The summed E-state index contributed by atoms with van der Waals surface area (Å²) in [6, 6.07) is 7.66. The van der Waals surface area contributed by atoms with Gasteiger partial charge in [-0.3, -0.25) is 0 Å². The van der Waals surface area contributed by atoms with Crippen LogP contribution in [-0.2, 0) is 4.74 Å². The molecule has 0 spiro atoms. The number of rotatable bonds is 3. The van der Waals surface area contributed by atoms with Gasteiger partial charge in [-0.25, -0.2) is 13.6 Å². The van der Waals surface area contributed by atoms with E-state index in [1.165, 1.54) is 30.3 Å². The summed E-state index contributed by atoms with van der Waals surface area (Å²) in [6.07, 6.45) is -0.338. The molecule has 0 aromatic heterocycles. The van der Waals surface area contributed by atoms with E-state index in [1.807, 2.05) is 0 Å². The molecular formula is C16H15F2NO2. The van der Waals surface area contributed by atoms with E-state index in [2.05, 4.69) is 0 Å². The number of carbonyl (C=O) groups excluding carboxylic acids is 1. The van der Waals surface area contributed by atoms with Gasteiger partial charge < -0.3 is 10.5 Å². The molecule has 2 N–H and O–H groups in total. The smallest absolute Gasteiger partial charge is 0.340 e. The number of hydrogen-bond donors (Lipinski definition) is 1. The molecule has 0 atom stereocenters. The van der Waals surface area contributed by atoms with Crippen molar-refractivity contribution in [2.24, 2.45) is 0 Å². The van der Waals surface area contributed by atoms with Gasteiger partial charge in [-0.05, 0) is 43.7 Å². The van der Waals surface area contributed by atoms with Crippen molar-refractivity contribution < 1.29 is 18.3 Å².